The van der Waals surface area contributed by atoms with Gasteiger partial charge < -0.3 is 24.6 Å². The summed E-state index contributed by atoms with van der Waals surface area (Å²) in [6.07, 6.45) is 0.312. The average Bonchev–Trinajstić information content (AvgIpc) is 2.96. The third-order valence-electron chi connectivity index (χ3n) is 3.58. The summed E-state index contributed by atoms with van der Waals surface area (Å²) in [6.45, 7) is 2.71. The molecule has 0 spiro atoms. The molecule has 1 aliphatic rings. The summed E-state index contributed by atoms with van der Waals surface area (Å²) in [5.74, 6) is 0.745. The second-order valence-corrected chi connectivity index (χ2v) is 6.16. The minimum Gasteiger partial charge on any atom is -0.491 e. The van der Waals surface area contributed by atoms with E-state index in [2.05, 4.69) is 21.2 Å². The van der Waals surface area contributed by atoms with Crippen molar-refractivity contribution in [3.05, 3.63) is 28.7 Å². The second kappa shape index (κ2) is 8.10. The number of rotatable bonds is 8. The van der Waals surface area contributed by atoms with Gasteiger partial charge in [-0.15, -0.1) is 0 Å². The summed E-state index contributed by atoms with van der Waals surface area (Å²) in [4.78, 5) is 0. The molecule has 6 heteroatoms. The predicted molar refractivity (Wildman–Crippen MR) is 83.7 cm³/mol. The monoisotopic (exact) mass is 359 g/mol. The van der Waals surface area contributed by atoms with Crippen LogP contribution in [0.1, 0.15) is 6.42 Å². The first-order valence-electron chi connectivity index (χ1n) is 7.04. The molecule has 1 saturated heterocycles. The van der Waals surface area contributed by atoms with E-state index in [0.717, 1.165) is 23.2 Å². The van der Waals surface area contributed by atoms with E-state index in [0.29, 0.717) is 19.7 Å². The summed E-state index contributed by atoms with van der Waals surface area (Å²) < 4.78 is 17.4. The molecule has 0 amide bonds. The number of hydrogen-bond acceptors (Lipinski definition) is 5. The van der Waals surface area contributed by atoms with E-state index < -0.39 is 6.10 Å². The van der Waals surface area contributed by atoms with Crippen molar-refractivity contribution < 1.29 is 19.3 Å². The average molecular weight is 360 g/mol. The Balaban J connectivity index is 1.65. The normalized spacial score (nSPS) is 23.2. The van der Waals surface area contributed by atoms with Gasteiger partial charge in [0.15, 0.2) is 0 Å². The lowest BCUT2D eigenvalue weighted by molar-refractivity contribution is -0.0180. The van der Waals surface area contributed by atoms with Crippen LogP contribution in [0.4, 0.5) is 0 Å². The maximum atomic E-state index is 9.93. The smallest absolute Gasteiger partial charge is 0.119 e. The van der Waals surface area contributed by atoms with Crippen molar-refractivity contribution in [2.75, 3.05) is 40.0 Å². The highest BCUT2D eigenvalue weighted by Crippen LogP contribution is 2.21. The minimum absolute atomic E-state index is 0.255. The summed E-state index contributed by atoms with van der Waals surface area (Å²) in [6, 6.07) is 7.53. The van der Waals surface area contributed by atoms with E-state index in [1.165, 1.54) is 0 Å². The molecule has 2 rings (SSSR count). The zero-order valence-corrected chi connectivity index (χ0v) is 13.8. The lowest BCUT2D eigenvalue weighted by Crippen LogP contribution is -2.45. The van der Waals surface area contributed by atoms with Gasteiger partial charge in [0.1, 0.15) is 24.1 Å². The second-order valence-electron chi connectivity index (χ2n) is 5.24. The van der Waals surface area contributed by atoms with Gasteiger partial charge in [0.05, 0.1) is 6.61 Å². The van der Waals surface area contributed by atoms with Gasteiger partial charge in [0.25, 0.3) is 0 Å². The molecule has 2 atom stereocenters. The van der Waals surface area contributed by atoms with Crippen LogP contribution in [0.2, 0.25) is 0 Å². The third kappa shape index (κ3) is 5.23. The Bertz CT molecular complexity index is 420. The largest absolute Gasteiger partial charge is 0.491 e. The van der Waals surface area contributed by atoms with Crippen molar-refractivity contribution in [1.29, 1.82) is 0 Å². The Morgan fingerprint density at radius 2 is 2.19 bits per heavy atom. The number of halogens is 1. The van der Waals surface area contributed by atoms with E-state index in [1.807, 2.05) is 24.3 Å². The molecule has 1 aliphatic heterocycles. The van der Waals surface area contributed by atoms with Crippen LogP contribution in [0.15, 0.2) is 28.7 Å². The molecule has 0 aliphatic carbocycles. The Labute approximate surface area is 133 Å². The molecule has 0 radical (unpaired) electrons. The zero-order chi connectivity index (χ0) is 15.1. The lowest BCUT2D eigenvalue weighted by Gasteiger charge is -2.26. The van der Waals surface area contributed by atoms with E-state index in [4.69, 9.17) is 14.2 Å². The Morgan fingerprint density at radius 1 is 1.43 bits per heavy atom. The summed E-state index contributed by atoms with van der Waals surface area (Å²) in [5, 5.41) is 13.1. The molecule has 0 saturated carbocycles. The van der Waals surface area contributed by atoms with Gasteiger partial charge in [0.2, 0.25) is 0 Å². The maximum absolute atomic E-state index is 9.93. The first kappa shape index (κ1) is 16.7. The highest BCUT2D eigenvalue weighted by molar-refractivity contribution is 9.10. The van der Waals surface area contributed by atoms with Crippen LogP contribution in [-0.2, 0) is 9.47 Å². The minimum atomic E-state index is -0.565. The van der Waals surface area contributed by atoms with Crippen LogP contribution in [0.3, 0.4) is 0 Å². The molecule has 21 heavy (non-hydrogen) atoms. The van der Waals surface area contributed by atoms with Gasteiger partial charge in [-0.3, -0.25) is 0 Å². The van der Waals surface area contributed by atoms with Crippen molar-refractivity contribution in [1.82, 2.24) is 5.32 Å². The first-order chi connectivity index (χ1) is 10.1. The van der Waals surface area contributed by atoms with Crippen molar-refractivity contribution in [2.45, 2.75) is 18.1 Å². The van der Waals surface area contributed by atoms with Gasteiger partial charge in [0, 0.05) is 37.7 Å². The Morgan fingerprint density at radius 3 is 2.81 bits per heavy atom. The fourth-order valence-electron chi connectivity index (χ4n) is 2.21. The van der Waals surface area contributed by atoms with Crippen LogP contribution in [0.25, 0.3) is 0 Å². The molecule has 2 unspecified atom stereocenters. The molecule has 5 nitrogen and oxygen atoms in total. The molecule has 1 aromatic rings. The fourth-order valence-corrected chi connectivity index (χ4v) is 2.47. The van der Waals surface area contributed by atoms with Crippen molar-refractivity contribution >= 4 is 15.9 Å². The topological polar surface area (TPSA) is 60.0 Å². The summed E-state index contributed by atoms with van der Waals surface area (Å²) in [5.41, 5.74) is -0.258. The number of ether oxygens (including phenoxy) is 3. The van der Waals surface area contributed by atoms with Crippen molar-refractivity contribution in [3.8, 4) is 5.75 Å². The number of nitrogens with one attached hydrogen (secondary N) is 1. The van der Waals surface area contributed by atoms with Crippen LogP contribution < -0.4 is 10.1 Å². The van der Waals surface area contributed by atoms with Crippen molar-refractivity contribution in [2.24, 2.45) is 0 Å². The van der Waals surface area contributed by atoms with Gasteiger partial charge in [-0.2, -0.15) is 0 Å². The van der Waals surface area contributed by atoms with Crippen LogP contribution >= 0.6 is 15.9 Å². The Kier molecular flexibility index (Phi) is 6.44. The molecule has 118 valence electrons. The van der Waals surface area contributed by atoms with Crippen LogP contribution in [0, 0.1) is 0 Å². The van der Waals surface area contributed by atoms with Gasteiger partial charge in [-0.05, 0) is 24.3 Å². The molecular formula is C15H22BrNO4. The number of hydrogen-bond donors (Lipinski definition) is 2. The van der Waals surface area contributed by atoms with Crippen LogP contribution in [-0.4, -0.2) is 56.8 Å². The fraction of sp³-hybridized carbons (Fsp3) is 0.600. The number of aliphatic hydroxyl groups is 1. The number of methoxy groups -OCH3 is 1. The zero-order valence-electron chi connectivity index (χ0n) is 12.2. The molecular weight excluding hydrogens is 338 g/mol. The maximum Gasteiger partial charge on any atom is 0.119 e. The van der Waals surface area contributed by atoms with E-state index in [-0.39, 0.29) is 12.2 Å². The highest BCUT2D eigenvalue weighted by atomic mass is 79.9. The van der Waals surface area contributed by atoms with E-state index >= 15 is 0 Å². The van der Waals surface area contributed by atoms with Crippen LogP contribution in [0.5, 0.6) is 5.75 Å². The van der Waals surface area contributed by atoms with Gasteiger partial charge >= 0.3 is 0 Å². The standard InChI is InChI=1S/C15H22BrNO4/c1-19-15(6-7-20-11-15)10-17-8-13(18)9-21-14-4-2-12(16)3-5-14/h2-5,13,17-18H,6-11H2,1H3. The van der Waals surface area contributed by atoms with Crippen molar-refractivity contribution in [3.63, 3.8) is 0 Å². The summed E-state index contributed by atoms with van der Waals surface area (Å²) in [7, 11) is 1.70. The molecule has 1 aromatic carbocycles. The molecule has 0 aromatic heterocycles. The Hall–Kier alpha value is -0.660. The van der Waals surface area contributed by atoms with Gasteiger partial charge in [-0.1, -0.05) is 15.9 Å². The summed E-state index contributed by atoms with van der Waals surface area (Å²) >= 11 is 3.37. The SMILES string of the molecule is COC1(CNCC(O)COc2ccc(Br)cc2)CCOC1. The van der Waals surface area contributed by atoms with E-state index in [1.54, 1.807) is 7.11 Å². The first-order valence-corrected chi connectivity index (χ1v) is 7.83. The number of aliphatic hydroxyl groups excluding tert-OH is 1. The predicted octanol–water partition coefficient (Wildman–Crippen LogP) is 1.58. The molecule has 2 N–H and O–H groups in total. The van der Waals surface area contributed by atoms with Gasteiger partial charge in [-0.25, -0.2) is 0 Å². The van der Waals surface area contributed by atoms with E-state index in [9.17, 15) is 5.11 Å². The number of benzene rings is 1. The molecule has 1 fully saturated rings. The lowest BCUT2D eigenvalue weighted by atomic mass is 10.0. The quantitative estimate of drug-likeness (QED) is 0.737. The molecule has 1 heterocycles. The highest BCUT2D eigenvalue weighted by Gasteiger charge is 2.34. The molecule has 0 bridgehead atoms. The third-order valence-corrected chi connectivity index (χ3v) is 4.11.